The number of carbonyl (C=O) groups is 4. The molecule has 558 valence electrons. The quantitative estimate of drug-likeness (QED) is 0.0222. The standard InChI is InChI=1S/C75H146O17P2/c1-7-10-12-14-16-18-19-20-21-22-23-24-25-26-27-28-29-35-41-47-53-59-74(79)91-70(63-86-73(78)58-52-46-40-34-31-30-33-38-44-50-56-68(6)9-3)65-89-93(81,82)87-61-69(76)62-88-94(83,84)90-66-71(64-85-72(77)57-51-45-39-32-17-15-13-11-8-2)92-75(80)60-54-48-42-36-37-43-49-55-67(4)5/h67-71,76H,7-66H2,1-6H3,(H,81,82)(H,83,84)/t68?,69-,70-,71-/m1/s1. The van der Waals surface area contributed by atoms with Crippen molar-refractivity contribution in [3.8, 4) is 0 Å². The van der Waals surface area contributed by atoms with Crippen molar-refractivity contribution in [2.24, 2.45) is 11.8 Å². The molecule has 0 aromatic carbocycles. The first kappa shape index (κ1) is 92.1. The third-order valence-electron chi connectivity index (χ3n) is 17.8. The molecule has 3 N–H and O–H groups in total. The van der Waals surface area contributed by atoms with Crippen LogP contribution in [0.25, 0.3) is 0 Å². The molecule has 0 heterocycles. The van der Waals surface area contributed by atoms with E-state index >= 15 is 0 Å². The number of carbonyl (C=O) groups excluding carboxylic acids is 4. The van der Waals surface area contributed by atoms with E-state index in [-0.39, 0.29) is 25.7 Å². The molecule has 0 bridgehead atoms. The first-order valence-electron chi connectivity index (χ1n) is 39.0. The topological polar surface area (TPSA) is 237 Å². The van der Waals surface area contributed by atoms with E-state index in [0.717, 1.165) is 95.8 Å². The van der Waals surface area contributed by atoms with Crippen LogP contribution in [0.1, 0.15) is 388 Å². The summed E-state index contributed by atoms with van der Waals surface area (Å²) in [6.07, 6.45) is 54.3. The van der Waals surface area contributed by atoms with Gasteiger partial charge in [0.25, 0.3) is 0 Å². The number of unbranched alkanes of at least 4 members (excludes halogenated alkanes) is 43. The van der Waals surface area contributed by atoms with Crippen LogP contribution in [0.5, 0.6) is 0 Å². The number of phosphoric ester groups is 2. The van der Waals surface area contributed by atoms with Crippen LogP contribution in [-0.2, 0) is 65.4 Å². The van der Waals surface area contributed by atoms with Crippen LogP contribution in [0.15, 0.2) is 0 Å². The Morgan fingerprint density at radius 1 is 0.309 bits per heavy atom. The predicted octanol–water partition coefficient (Wildman–Crippen LogP) is 21.9. The molecule has 0 saturated heterocycles. The molecule has 0 spiro atoms. The van der Waals surface area contributed by atoms with Crippen molar-refractivity contribution in [3.63, 3.8) is 0 Å². The fourth-order valence-electron chi connectivity index (χ4n) is 11.4. The highest BCUT2D eigenvalue weighted by Gasteiger charge is 2.30. The lowest BCUT2D eigenvalue weighted by atomic mass is 9.99. The van der Waals surface area contributed by atoms with Gasteiger partial charge in [0.15, 0.2) is 12.2 Å². The molecule has 19 heteroatoms. The molecule has 3 unspecified atom stereocenters. The number of aliphatic hydroxyl groups excluding tert-OH is 1. The fourth-order valence-corrected chi connectivity index (χ4v) is 13.0. The van der Waals surface area contributed by atoms with Crippen molar-refractivity contribution in [1.29, 1.82) is 0 Å². The first-order chi connectivity index (χ1) is 45.4. The fraction of sp³-hybridized carbons (Fsp3) is 0.947. The summed E-state index contributed by atoms with van der Waals surface area (Å²) in [6, 6.07) is 0. The monoisotopic (exact) mass is 1380 g/mol. The lowest BCUT2D eigenvalue weighted by Gasteiger charge is -2.21. The average molecular weight is 1380 g/mol. The van der Waals surface area contributed by atoms with Crippen LogP contribution >= 0.6 is 15.6 Å². The maximum Gasteiger partial charge on any atom is 0.472 e. The smallest absolute Gasteiger partial charge is 0.462 e. The predicted molar refractivity (Wildman–Crippen MR) is 381 cm³/mol. The highest BCUT2D eigenvalue weighted by atomic mass is 31.2. The minimum absolute atomic E-state index is 0.104. The van der Waals surface area contributed by atoms with E-state index in [0.29, 0.717) is 31.6 Å². The number of aliphatic hydroxyl groups is 1. The minimum Gasteiger partial charge on any atom is -0.462 e. The van der Waals surface area contributed by atoms with E-state index in [4.69, 9.17) is 37.0 Å². The minimum atomic E-state index is -4.96. The summed E-state index contributed by atoms with van der Waals surface area (Å²) in [5, 5.41) is 10.6. The van der Waals surface area contributed by atoms with Crippen LogP contribution in [-0.4, -0.2) is 96.7 Å². The van der Waals surface area contributed by atoms with Gasteiger partial charge in [-0.2, -0.15) is 0 Å². The van der Waals surface area contributed by atoms with Gasteiger partial charge in [-0.3, -0.25) is 37.3 Å². The van der Waals surface area contributed by atoms with Crippen LogP contribution in [0.3, 0.4) is 0 Å². The lowest BCUT2D eigenvalue weighted by Crippen LogP contribution is -2.30. The maximum atomic E-state index is 13.1. The number of hydrogen-bond acceptors (Lipinski definition) is 15. The molecule has 0 saturated carbocycles. The van der Waals surface area contributed by atoms with Gasteiger partial charge in [0, 0.05) is 25.7 Å². The largest absolute Gasteiger partial charge is 0.472 e. The third kappa shape index (κ3) is 67.3. The van der Waals surface area contributed by atoms with E-state index in [2.05, 4.69) is 41.5 Å². The molecular weight excluding hydrogens is 1230 g/mol. The van der Waals surface area contributed by atoms with Crippen molar-refractivity contribution in [2.45, 2.75) is 407 Å². The average Bonchev–Trinajstić information content (AvgIpc) is 1.33. The zero-order valence-corrected chi connectivity index (χ0v) is 63.1. The normalized spacial score (nSPS) is 14.3. The van der Waals surface area contributed by atoms with Gasteiger partial charge in [-0.1, -0.05) is 337 Å². The summed E-state index contributed by atoms with van der Waals surface area (Å²) >= 11 is 0. The van der Waals surface area contributed by atoms with Crippen molar-refractivity contribution in [3.05, 3.63) is 0 Å². The van der Waals surface area contributed by atoms with E-state index in [9.17, 15) is 43.2 Å². The Kier molecular flexibility index (Phi) is 65.5. The summed E-state index contributed by atoms with van der Waals surface area (Å²) in [5.74, 6) is -0.617. The number of ether oxygens (including phenoxy) is 4. The molecule has 17 nitrogen and oxygen atoms in total. The van der Waals surface area contributed by atoms with Crippen LogP contribution < -0.4 is 0 Å². The molecule has 0 aliphatic carbocycles. The molecule has 0 aliphatic heterocycles. The van der Waals surface area contributed by atoms with Crippen molar-refractivity contribution >= 4 is 39.5 Å². The zero-order valence-electron chi connectivity index (χ0n) is 61.3. The Bertz CT molecular complexity index is 1820. The van der Waals surface area contributed by atoms with E-state index in [1.807, 2.05) is 0 Å². The summed E-state index contributed by atoms with van der Waals surface area (Å²) in [5.41, 5.74) is 0. The van der Waals surface area contributed by atoms with Gasteiger partial charge < -0.3 is 33.8 Å². The highest BCUT2D eigenvalue weighted by molar-refractivity contribution is 7.47. The number of rotatable bonds is 74. The zero-order chi connectivity index (χ0) is 69.3. The van der Waals surface area contributed by atoms with Gasteiger partial charge in [-0.25, -0.2) is 9.13 Å². The first-order valence-corrected chi connectivity index (χ1v) is 42.0. The van der Waals surface area contributed by atoms with Gasteiger partial charge in [0.2, 0.25) is 0 Å². The molecule has 0 radical (unpaired) electrons. The second-order valence-corrected chi connectivity index (χ2v) is 30.7. The third-order valence-corrected chi connectivity index (χ3v) is 19.7. The second kappa shape index (κ2) is 66.9. The molecule has 0 aromatic heterocycles. The van der Waals surface area contributed by atoms with Crippen molar-refractivity contribution in [1.82, 2.24) is 0 Å². The molecule has 94 heavy (non-hydrogen) atoms. The summed E-state index contributed by atoms with van der Waals surface area (Å²) in [7, 11) is -9.90. The van der Waals surface area contributed by atoms with E-state index in [1.165, 1.54) is 205 Å². The van der Waals surface area contributed by atoms with Crippen molar-refractivity contribution in [2.75, 3.05) is 39.6 Å². The number of hydrogen-bond donors (Lipinski definition) is 3. The summed E-state index contributed by atoms with van der Waals surface area (Å²) in [4.78, 5) is 72.6. The second-order valence-electron chi connectivity index (χ2n) is 27.8. The van der Waals surface area contributed by atoms with Crippen LogP contribution in [0, 0.1) is 11.8 Å². The van der Waals surface area contributed by atoms with Gasteiger partial charge in [0.05, 0.1) is 26.4 Å². The molecule has 0 aliphatic rings. The Balaban J connectivity index is 5.18. The molecule has 0 aromatic rings. The Morgan fingerprint density at radius 2 is 0.543 bits per heavy atom. The molecular formula is C75H146O17P2. The number of phosphoric acid groups is 2. The molecule has 0 rings (SSSR count). The Hall–Kier alpha value is -1.94. The summed E-state index contributed by atoms with van der Waals surface area (Å²) < 4.78 is 68.4. The van der Waals surface area contributed by atoms with Gasteiger partial charge in [0.1, 0.15) is 19.3 Å². The van der Waals surface area contributed by atoms with Crippen LogP contribution in [0.2, 0.25) is 0 Å². The van der Waals surface area contributed by atoms with Gasteiger partial charge in [-0.05, 0) is 37.5 Å². The van der Waals surface area contributed by atoms with E-state index < -0.39 is 97.5 Å². The molecule has 0 fully saturated rings. The number of esters is 4. The Labute approximate surface area is 575 Å². The van der Waals surface area contributed by atoms with Crippen molar-refractivity contribution < 1.29 is 80.2 Å². The van der Waals surface area contributed by atoms with Crippen LogP contribution in [0.4, 0.5) is 0 Å². The maximum absolute atomic E-state index is 13.1. The molecule has 6 atom stereocenters. The van der Waals surface area contributed by atoms with E-state index in [1.54, 1.807) is 0 Å². The molecule has 0 amide bonds. The lowest BCUT2D eigenvalue weighted by molar-refractivity contribution is -0.161. The highest BCUT2D eigenvalue weighted by Crippen LogP contribution is 2.45. The van der Waals surface area contributed by atoms with Gasteiger partial charge in [-0.15, -0.1) is 0 Å². The SMILES string of the molecule is CCCCCCCCCCCCCCCCCCCCCCCC(=O)O[C@H](COC(=O)CCCCCCCCCCCCC(C)CC)COP(=O)(O)OC[C@@H](O)COP(=O)(O)OC[C@@H](COC(=O)CCCCCCCCCCC)OC(=O)CCCCCCCCCC(C)C. The summed E-state index contributed by atoms with van der Waals surface area (Å²) in [6.45, 7) is 9.53. The van der Waals surface area contributed by atoms with Gasteiger partial charge >= 0.3 is 39.5 Å². The Morgan fingerprint density at radius 3 is 0.809 bits per heavy atom.